The van der Waals surface area contributed by atoms with E-state index in [4.69, 9.17) is 4.43 Å². The van der Waals surface area contributed by atoms with Crippen LogP contribution in [0.5, 0.6) is 0 Å². The van der Waals surface area contributed by atoms with E-state index in [1.165, 1.54) is 30.1 Å². The first-order valence-electron chi connectivity index (χ1n) is 14.0. The van der Waals surface area contributed by atoms with E-state index in [1.54, 1.807) is 5.57 Å². The minimum atomic E-state index is -1.75. The van der Waals surface area contributed by atoms with Gasteiger partial charge in [0.25, 0.3) is 0 Å². The fraction of sp³-hybridized carbons (Fsp3) is 0.710. The second-order valence-corrected chi connectivity index (χ2v) is 21.4. The summed E-state index contributed by atoms with van der Waals surface area (Å²) in [4.78, 5) is 14.0. The van der Waals surface area contributed by atoms with E-state index in [1.807, 2.05) is 0 Å². The molecule has 0 radical (unpaired) electrons. The average Bonchev–Trinajstić information content (AvgIpc) is 3.04. The predicted octanol–water partition coefficient (Wildman–Crippen LogP) is 7.34. The average molecular weight is 558 g/mol. The first-order chi connectivity index (χ1) is 16.3. The first kappa shape index (κ1) is 26.0. The maximum absolute atomic E-state index is 13.7. The number of hydrogen-bond acceptors (Lipinski definition) is 2. The second kappa shape index (κ2) is 8.97. The van der Waals surface area contributed by atoms with Crippen molar-refractivity contribution in [2.24, 2.45) is 28.6 Å². The maximum atomic E-state index is 13.7. The van der Waals surface area contributed by atoms with Crippen LogP contribution in [0.3, 0.4) is 0 Å². The van der Waals surface area contributed by atoms with Crippen LogP contribution in [0.2, 0.25) is 22.9 Å². The van der Waals surface area contributed by atoms with Crippen molar-refractivity contribution in [1.29, 1.82) is 0 Å². The summed E-state index contributed by atoms with van der Waals surface area (Å²) in [5, 5.41) is 0.264. The third-order valence-corrected chi connectivity index (χ3v) is 18.2. The van der Waals surface area contributed by atoms with Gasteiger partial charge >= 0.3 is 201 Å². The van der Waals surface area contributed by atoms with Gasteiger partial charge in [-0.1, -0.05) is 20.8 Å². The Labute approximate surface area is 221 Å². The van der Waals surface area contributed by atoms with Gasteiger partial charge < -0.3 is 0 Å². The normalized spacial score (nSPS) is 39.5. The number of hydrogen-bond donors (Lipinski definition) is 0. The first-order valence-corrected chi connectivity index (χ1v) is 18.7. The topological polar surface area (TPSA) is 26.3 Å². The molecule has 0 spiro atoms. The number of ketones is 1. The Morgan fingerprint density at radius 3 is 2.37 bits per heavy atom. The molecule has 0 N–H and O–H groups in total. The van der Waals surface area contributed by atoms with Gasteiger partial charge in [-0.05, 0) is 0 Å². The van der Waals surface area contributed by atoms with E-state index in [2.05, 4.69) is 84.1 Å². The van der Waals surface area contributed by atoms with E-state index in [0.29, 0.717) is 29.1 Å². The molecule has 5 rings (SSSR count). The van der Waals surface area contributed by atoms with Crippen LogP contribution in [-0.2, 0) is 9.22 Å². The van der Waals surface area contributed by atoms with Crippen molar-refractivity contribution in [3.05, 3.63) is 42.0 Å². The van der Waals surface area contributed by atoms with E-state index >= 15 is 0 Å². The predicted molar refractivity (Wildman–Crippen MR) is 150 cm³/mol. The van der Waals surface area contributed by atoms with E-state index < -0.39 is 8.32 Å². The van der Waals surface area contributed by atoms with Crippen molar-refractivity contribution < 1.29 is 9.22 Å². The quantitative estimate of drug-likeness (QED) is 0.286. The number of Topliss-reactive ketones (excluding diaryl/α,β-unsaturated/α-hetero) is 1. The molecular weight excluding hydrogens is 511 g/mol. The molecule has 0 bridgehead atoms. The number of carbonyl (C=O) groups is 1. The third kappa shape index (κ3) is 4.39. The Balaban J connectivity index is 1.34. The standard InChI is InChI=1S/C31H46O2SeSi/c1-29(2,3)35(6,7)33-22-15-17-30(4)21(19-22)13-14-24-25(30)16-18-31(5)26(24)20-27(28(31)32)34-23-11-9-8-10-12-23/h8-13,22,24-27H,14-20H2,1-7H3/t22-,24+,25-,26-,27?,30-,31-/m0/s1. The molecular formula is C31H46O2SeSi. The van der Waals surface area contributed by atoms with Crippen LogP contribution in [0.1, 0.15) is 79.6 Å². The summed E-state index contributed by atoms with van der Waals surface area (Å²) in [6, 6.07) is 10.8. The Hall–Kier alpha value is -0.674. The molecule has 7 atom stereocenters. The summed E-state index contributed by atoms with van der Waals surface area (Å²) in [6.07, 6.45) is 11.2. The number of rotatable bonds is 4. The van der Waals surface area contributed by atoms with E-state index in [-0.39, 0.29) is 30.2 Å². The monoisotopic (exact) mass is 558 g/mol. The fourth-order valence-electron chi connectivity index (χ4n) is 7.85. The van der Waals surface area contributed by atoms with Crippen molar-refractivity contribution in [3.63, 3.8) is 0 Å². The summed E-state index contributed by atoms with van der Waals surface area (Å²) in [5.41, 5.74) is 1.90. The van der Waals surface area contributed by atoms with Gasteiger partial charge in [0.1, 0.15) is 0 Å². The molecule has 0 aliphatic heterocycles. The number of benzene rings is 1. The van der Waals surface area contributed by atoms with Crippen LogP contribution in [0.25, 0.3) is 0 Å². The summed E-state index contributed by atoms with van der Waals surface area (Å²) < 4.78 is 8.28. The molecule has 4 heteroatoms. The number of allylic oxidation sites excluding steroid dienone is 1. The van der Waals surface area contributed by atoms with Gasteiger partial charge in [0, 0.05) is 0 Å². The molecule has 4 aliphatic carbocycles. The van der Waals surface area contributed by atoms with Crippen molar-refractivity contribution >= 4 is 33.5 Å². The molecule has 1 aromatic rings. The van der Waals surface area contributed by atoms with Gasteiger partial charge in [-0.3, -0.25) is 0 Å². The van der Waals surface area contributed by atoms with Gasteiger partial charge in [-0.2, -0.15) is 0 Å². The van der Waals surface area contributed by atoms with Crippen LogP contribution in [0, 0.1) is 28.6 Å². The van der Waals surface area contributed by atoms with Crippen molar-refractivity contribution in [2.75, 3.05) is 0 Å². The molecule has 3 saturated carbocycles. The van der Waals surface area contributed by atoms with Gasteiger partial charge in [0.2, 0.25) is 0 Å². The fourth-order valence-corrected chi connectivity index (χ4v) is 12.0. The Kier molecular flexibility index (Phi) is 6.65. The summed E-state index contributed by atoms with van der Waals surface area (Å²) in [5.74, 6) is 2.59. The van der Waals surface area contributed by atoms with Gasteiger partial charge in [0.15, 0.2) is 0 Å². The molecule has 2 nitrogen and oxygen atoms in total. The van der Waals surface area contributed by atoms with Gasteiger partial charge in [-0.25, -0.2) is 0 Å². The summed E-state index contributed by atoms with van der Waals surface area (Å²) >= 11 is 0.257. The van der Waals surface area contributed by atoms with Crippen LogP contribution in [0.4, 0.5) is 0 Å². The zero-order valence-electron chi connectivity index (χ0n) is 23.0. The SMILES string of the molecule is CC(C)(C)[Si](C)(C)O[C@H]1CC[C@@]2(C)C(=CC[C@@H]3[C@@H]2CC[C@]2(C)C(=O)C([Se]c4ccccc4)C[C@@H]32)C1. The Morgan fingerprint density at radius 1 is 1.00 bits per heavy atom. The van der Waals surface area contributed by atoms with Gasteiger partial charge in [0.05, 0.1) is 0 Å². The minimum absolute atomic E-state index is 0.0906. The van der Waals surface area contributed by atoms with Crippen LogP contribution < -0.4 is 4.46 Å². The van der Waals surface area contributed by atoms with E-state index in [0.717, 1.165) is 25.2 Å². The van der Waals surface area contributed by atoms with Crippen molar-refractivity contribution in [2.45, 2.75) is 109 Å². The summed E-state index contributed by atoms with van der Waals surface area (Å²) in [7, 11) is -1.75. The number of carbonyl (C=O) groups excluding carboxylic acids is 1. The van der Waals surface area contributed by atoms with Crippen molar-refractivity contribution in [1.82, 2.24) is 0 Å². The van der Waals surface area contributed by atoms with Crippen LogP contribution in [-0.4, -0.2) is 35.2 Å². The molecule has 1 unspecified atom stereocenters. The zero-order chi connectivity index (χ0) is 25.2. The third-order valence-electron chi connectivity index (χ3n) is 11.1. The molecule has 0 heterocycles. The second-order valence-electron chi connectivity index (χ2n) is 14.0. The molecule has 1 aromatic carbocycles. The Bertz CT molecular complexity index is 995. The molecule has 0 amide bonds. The number of fused-ring (bicyclic) bond motifs is 5. The molecule has 4 aliphatic rings. The molecule has 192 valence electrons. The Morgan fingerprint density at radius 2 is 1.69 bits per heavy atom. The van der Waals surface area contributed by atoms with Crippen LogP contribution >= 0.6 is 0 Å². The zero-order valence-corrected chi connectivity index (χ0v) is 25.7. The van der Waals surface area contributed by atoms with Crippen LogP contribution in [0.15, 0.2) is 42.0 Å². The molecule has 3 fully saturated rings. The molecule has 35 heavy (non-hydrogen) atoms. The van der Waals surface area contributed by atoms with Gasteiger partial charge in [-0.15, -0.1) is 0 Å². The molecule has 0 saturated heterocycles. The summed E-state index contributed by atoms with van der Waals surface area (Å²) in [6.45, 7) is 16.8. The van der Waals surface area contributed by atoms with Crippen molar-refractivity contribution in [3.8, 4) is 0 Å². The van der Waals surface area contributed by atoms with E-state index in [9.17, 15) is 4.79 Å². The molecule has 0 aromatic heterocycles.